The van der Waals surface area contributed by atoms with Crippen molar-refractivity contribution < 1.29 is 4.74 Å². The van der Waals surface area contributed by atoms with E-state index in [0.717, 1.165) is 0 Å². The van der Waals surface area contributed by atoms with Gasteiger partial charge in [0.1, 0.15) is 0 Å². The quantitative estimate of drug-likeness (QED) is 0.578. The van der Waals surface area contributed by atoms with Crippen LogP contribution in [0.15, 0.2) is 0 Å². The van der Waals surface area contributed by atoms with Crippen molar-refractivity contribution in [2.24, 2.45) is 0 Å². The normalized spacial score (nSPS) is 13.2. The van der Waals surface area contributed by atoms with Crippen LogP contribution in [0, 0.1) is 11.3 Å². The lowest BCUT2D eigenvalue weighted by Crippen LogP contribution is -2.12. The number of hydrogen-bond donors (Lipinski definition) is 0. The second-order valence-electron chi connectivity index (χ2n) is 2.36. The number of ether oxygens (including phenoxy) is 1. The highest BCUT2D eigenvalue weighted by Gasteiger charge is 2.01. The van der Waals surface area contributed by atoms with Crippen LogP contribution >= 0.6 is 0 Å². The molecule has 9 heavy (non-hydrogen) atoms. The highest BCUT2D eigenvalue weighted by atomic mass is 16.5. The average molecular weight is 127 g/mol. The van der Waals surface area contributed by atoms with Gasteiger partial charge in [0.2, 0.25) is 0 Å². The molecule has 1 atom stereocenters. The minimum Gasteiger partial charge on any atom is -0.375 e. The minimum atomic E-state index is 0.0787. The van der Waals surface area contributed by atoms with Crippen LogP contribution in [0.3, 0.4) is 0 Å². The van der Waals surface area contributed by atoms with Crippen molar-refractivity contribution in [2.75, 3.05) is 0 Å². The molecule has 0 heterocycles. The van der Waals surface area contributed by atoms with Crippen LogP contribution in [0.4, 0.5) is 0 Å². The second kappa shape index (κ2) is 4.34. The van der Waals surface area contributed by atoms with Crippen molar-refractivity contribution in [1.82, 2.24) is 0 Å². The Morgan fingerprint density at radius 1 is 1.44 bits per heavy atom. The van der Waals surface area contributed by atoms with E-state index >= 15 is 0 Å². The topological polar surface area (TPSA) is 33.0 Å². The summed E-state index contributed by atoms with van der Waals surface area (Å²) in [6.45, 7) is 5.84. The monoisotopic (exact) mass is 127 g/mol. The Kier molecular flexibility index (Phi) is 4.08. The molecule has 52 valence electrons. The predicted molar refractivity (Wildman–Crippen MR) is 35.9 cm³/mol. The van der Waals surface area contributed by atoms with Crippen LogP contribution in [0.25, 0.3) is 0 Å². The largest absolute Gasteiger partial charge is 0.375 e. The third kappa shape index (κ3) is 5.32. The maximum atomic E-state index is 8.22. The summed E-state index contributed by atoms with van der Waals surface area (Å²) >= 11 is 0. The van der Waals surface area contributed by atoms with Gasteiger partial charge in [0.05, 0.1) is 24.7 Å². The van der Waals surface area contributed by atoms with E-state index in [2.05, 4.69) is 0 Å². The van der Waals surface area contributed by atoms with Gasteiger partial charge in [-0.25, -0.2) is 0 Å². The molecule has 0 radical (unpaired) electrons. The molecule has 0 aromatic carbocycles. The molecule has 0 fully saturated rings. The van der Waals surface area contributed by atoms with Gasteiger partial charge in [0, 0.05) is 0 Å². The van der Waals surface area contributed by atoms with Crippen LogP contribution in [0.1, 0.15) is 27.2 Å². The van der Waals surface area contributed by atoms with Crippen molar-refractivity contribution in [3.05, 3.63) is 0 Å². The van der Waals surface area contributed by atoms with Gasteiger partial charge in [-0.2, -0.15) is 5.26 Å². The molecule has 0 N–H and O–H groups in total. The van der Waals surface area contributed by atoms with Crippen LogP contribution in [-0.4, -0.2) is 12.2 Å². The van der Waals surface area contributed by atoms with Gasteiger partial charge >= 0.3 is 0 Å². The summed E-state index contributed by atoms with van der Waals surface area (Å²) in [4.78, 5) is 0. The lowest BCUT2D eigenvalue weighted by Gasteiger charge is -2.11. The van der Waals surface area contributed by atoms with Crippen molar-refractivity contribution >= 4 is 0 Å². The van der Waals surface area contributed by atoms with Crippen molar-refractivity contribution in [1.29, 1.82) is 5.26 Å². The van der Waals surface area contributed by atoms with E-state index in [1.807, 2.05) is 26.8 Å². The fourth-order valence-electron chi connectivity index (χ4n) is 0.641. The van der Waals surface area contributed by atoms with Crippen LogP contribution < -0.4 is 0 Å². The molecule has 0 saturated carbocycles. The molecular weight excluding hydrogens is 114 g/mol. The predicted octanol–water partition coefficient (Wildman–Crippen LogP) is 1.71. The molecule has 0 aliphatic rings. The number of hydrogen-bond acceptors (Lipinski definition) is 2. The molecule has 0 bridgehead atoms. The van der Waals surface area contributed by atoms with Gasteiger partial charge in [-0.3, -0.25) is 0 Å². The van der Waals surface area contributed by atoms with Gasteiger partial charge in [-0.15, -0.1) is 0 Å². The van der Waals surface area contributed by atoms with Gasteiger partial charge in [-0.1, -0.05) is 0 Å². The summed E-state index contributed by atoms with van der Waals surface area (Å²) in [5, 5.41) is 8.22. The van der Waals surface area contributed by atoms with E-state index in [9.17, 15) is 0 Å². The first-order valence-corrected chi connectivity index (χ1v) is 3.19. The molecule has 2 heteroatoms. The van der Waals surface area contributed by atoms with Gasteiger partial charge in [0.15, 0.2) is 0 Å². The fraction of sp³-hybridized carbons (Fsp3) is 0.857. The Bertz CT molecular complexity index is 104. The Morgan fingerprint density at radius 2 is 2.00 bits per heavy atom. The van der Waals surface area contributed by atoms with Gasteiger partial charge < -0.3 is 4.74 Å². The molecule has 0 spiro atoms. The van der Waals surface area contributed by atoms with Crippen LogP contribution in [0.2, 0.25) is 0 Å². The van der Waals surface area contributed by atoms with Crippen molar-refractivity contribution in [3.63, 3.8) is 0 Å². The maximum Gasteiger partial charge on any atom is 0.0680 e. The zero-order valence-electron chi connectivity index (χ0n) is 6.22. The zero-order chi connectivity index (χ0) is 7.28. The highest BCUT2D eigenvalue weighted by Crippen LogP contribution is 1.99. The lowest BCUT2D eigenvalue weighted by molar-refractivity contribution is 0.0219. The minimum absolute atomic E-state index is 0.0787. The molecule has 2 nitrogen and oxygen atoms in total. The van der Waals surface area contributed by atoms with Crippen LogP contribution in [-0.2, 0) is 4.74 Å². The Balaban J connectivity index is 3.29. The van der Waals surface area contributed by atoms with E-state index < -0.39 is 0 Å². The molecule has 0 amide bonds. The SMILES string of the molecule is CC(C)O[C@@H](C)CC#N. The van der Waals surface area contributed by atoms with E-state index in [4.69, 9.17) is 10.00 Å². The molecule has 0 aromatic heterocycles. The standard InChI is InChI=1S/C7H13NO/c1-6(2)9-7(3)4-5-8/h6-7H,4H2,1-3H3/t7-/m0/s1. The Labute approximate surface area is 56.4 Å². The Hall–Kier alpha value is -0.550. The summed E-state index contributed by atoms with van der Waals surface area (Å²) in [7, 11) is 0. The average Bonchev–Trinajstić information content (AvgIpc) is 1.63. The summed E-state index contributed by atoms with van der Waals surface area (Å²) in [6.07, 6.45) is 0.793. The summed E-state index contributed by atoms with van der Waals surface area (Å²) < 4.78 is 5.27. The summed E-state index contributed by atoms with van der Waals surface area (Å²) in [5.74, 6) is 0. The molecule has 0 saturated heterocycles. The van der Waals surface area contributed by atoms with E-state index in [0.29, 0.717) is 6.42 Å². The first-order valence-electron chi connectivity index (χ1n) is 3.19. The third-order valence-electron chi connectivity index (χ3n) is 0.883. The molecule has 0 unspecified atom stereocenters. The van der Waals surface area contributed by atoms with E-state index in [1.54, 1.807) is 0 Å². The van der Waals surface area contributed by atoms with E-state index in [-0.39, 0.29) is 12.2 Å². The summed E-state index contributed by atoms with van der Waals surface area (Å²) in [5.41, 5.74) is 0. The third-order valence-corrected chi connectivity index (χ3v) is 0.883. The highest BCUT2D eigenvalue weighted by molar-refractivity contribution is 4.73. The smallest absolute Gasteiger partial charge is 0.0680 e. The maximum absolute atomic E-state index is 8.22. The molecule has 0 aliphatic heterocycles. The number of rotatable bonds is 3. The van der Waals surface area contributed by atoms with Gasteiger partial charge in [0.25, 0.3) is 0 Å². The molecule has 0 aromatic rings. The summed E-state index contributed by atoms with van der Waals surface area (Å²) in [6, 6.07) is 2.05. The molecular formula is C7H13NO. The first-order chi connectivity index (χ1) is 4.16. The van der Waals surface area contributed by atoms with Crippen molar-refractivity contribution in [3.8, 4) is 6.07 Å². The lowest BCUT2D eigenvalue weighted by atomic mass is 10.3. The molecule has 0 aliphatic carbocycles. The Morgan fingerprint density at radius 3 is 2.33 bits per heavy atom. The number of nitrogens with zero attached hydrogens (tertiary/aromatic N) is 1. The van der Waals surface area contributed by atoms with E-state index in [1.165, 1.54) is 0 Å². The van der Waals surface area contributed by atoms with Crippen molar-refractivity contribution in [2.45, 2.75) is 39.4 Å². The zero-order valence-corrected chi connectivity index (χ0v) is 6.22. The van der Waals surface area contributed by atoms with Gasteiger partial charge in [-0.05, 0) is 20.8 Å². The second-order valence-corrected chi connectivity index (χ2v) is 2.36. The number of nitriles is 1. The molecule has 0 rings (SSSR count). The fourth-order valence-corrected chi connectivity index (χ4v) is 0.641. The first kappa shape index (κ1) is 8.45. The van der Waals surface area contributed by atoms with Crippen LogP contribution in [0.5, 0.6) is 0 Å².